The summed E-state index contributed by atoms with van der Waals surface area (Å²) in [6.07, 6.45) is 3.70. The summed E-state index contributed by atoms with van der Waals surface area (Å²) in [6, 6.07) is 12.0. The van der Waals surface area contributed by atoms with E-state index in [2.05, 4.69) is 17.1 Å². The van der Waals surface area contributed by atoms with Gasteiger partial charge in [0.2, 0.25) is 0 Å². The number of likely N-dealkylation sites (tertiary alicyclic amines) is 1. The zero-order valence-corrected chi connectivity index (χ0v) is 13.7. The molecule has 1 saturated heterocycles. The van der Waals surface area contributed by atoms with Crippen molar-refractivity contribution in [2.75, 3.05) is 13.2 Å². The Morgan fingerprint density at radius 2 is 2.04 bits per heavy atom. The quantitative estimate of drug-likeness (QED) is 0.863. The highest BCUT2D eigenvalue weighted by atomic mass is 16.5. The van der Waals surface area contributed by atoms with Crippen molar-refractivity contribution in [2.24, 2.45) is 0 Å². The van der Waals surface area contributed by atoms with Gasteiger partial charge in [-0.05, 0) is 56.5 Å². The van der Waals surface area contributed by atoms with E-state index < -0.39 is 0 Å². The largest absolute Gasteiger partial charge is 0.494 e. The first-order chi connectivity index (χ1) is 11.2. The van der Waals surface area contributed by atoms with Gasteiger partial charge in [0.1, 0.15) is 5.75 Å². The summed E-state index contributed by atoms with van der Waals surface area (Å²) < 4.78 is 5.49. The number of carbonyl (C=O) groups excluding carboxylic acids is 1. The lowest BCUT2D eigenvalue weighted by Gasteiger charge is -2.25. The molecule has 1 fully saturated rings. The summed E-state index contributed by atoms with van der Waals surface area (Å²) >= 11 is 0. The van der Waals surface area contributed by atoms with Crippen molar-refractivity contribution < 1.29 is 9.53 Å². The first kappa shape index (κ1) is 15.5. The summed E-state index contributed by atoms with van der Waals surface area (Å²) in [4.78, 5) is 19.0. The maximum Gasteiger partial charge on any atom is 0.255 e. The number of nitrogens with zero attached hydrogens (tertiary/aromatic N) is 2. The number of benzene rings is 1. The smallest absolute Gasteiger partial charge is 0.255 e. The Bertz CT molecular complexity index is 665. The summed E-state index contributed by atoms with van der Waals surface area (Å²) in [5, 5.41) is 0. The standard InChI is InChI=1S/C19H22N2O2/c1-3-23-17-10-8-15(9-11-17)18-5-4-12-21(18)19(22)16-7-6-14(2)20-13-16/h6-11,13,18H,3-5,12H2,1-2H3. The first-order valence-corrected chi connectivity index (χ1v) is 8.15. The maximum atomic E-state index is 12.8. The number of rotatable bonds is 4. The van der Waals surface area contributed by atoms with Gasteiger partial charge in [-0.15, -0.1) is 0 Å². The molecule has 0 saturated carbocycles. The van der Waals surface area contributed by atoms with Gasteiger partial charge < -0.3 is 9.64 Å². The molecule has 0 aliphatic carbocycles. The molecule has 1 aliphatic rings. The minimum absolute atomic E-state index is 0.0638. The van der Waals surface area contributed by atoms with Crippen molar-refractivity contribution in [3.05, 3.63) is 59.4 Å². The molecule has 4 heteroatoms. The molecule has 23 heavy (non-hydrogen) atoms. The third kappa shape index (κ3) is 3.36. The van der Waals surface area contributed by atoms with E-state index in [-0.39, 0.29) is 11.9 Å². The van der Waals surface area contributed by atoms with Crippen molar-refractivity contribution in [1.82, 2.24) is 9.88 Å². The minimum atomic E-state index is 0.0638. The molecule has 120 valence electrons. The molecule has 1 aromatic carbocycles. The van der Waals surface area contributed by atoms with Gasteiger partial charge in [0.25, 0.3) is 5.91 Å². The molecule has 2 heterocycles. The maximum absolute atomic E-state index is 12.8. The minimum Gasteiger partial charge on any atom is -0.494 e. The van der Waals surface area contributed by atoms with Crippen LogP contribution in [0.25, 0.3) is 0 Å². The second-order valence-electron chi connectivity index (χ2n) is 5.85. The highest BCUT2D eigenvalue weighted by Gasteiger charge is 2.30. The van der Waals surface area contributed by atoms with E-state index in [1.54, 1.807) is 6.20 Å². The van der Waals surface area contributed by atoms with Gasteiger partial charge in [-0.2, -0.15) is 0 Å². The second-order valence-corrected chi connectivity index (χ2v) is 5.85. The first-order valence-electron chi connectivity index (χ1n) is 8.15. The molecule has 1 amide bonds. The van der Waals surface area contributed by atoms with Crippen LogP contribution in [0.2, 0.25) is 0 Å². The van der Waals surface area contributed by atoms with Crippen LogP contribution in [-0.2, 0) is 0 Å². The van der Waals surface area contributed by atoms with Crippen LogP contribution in [0.4, 0.5) is 0 Å². The molecule has 0 bridgehead atoms. The van der Waals surface area contributed by atoms with E-state index >= 15 is 0 Å². The number of hydrogen-bond donors (Lipinski definition) is 0. The van der Waals surface area contributed by atoms with Gasteiger partial charge in [-0.1, -0.05) is 12.1 Å². The number of pyridine rings is 1. The van der Waals surface area contributed by atoms with Crippen molar-refractivity contribution in [3.8, 4) is 5.75 Å². The van der Waals surface area contributed by atoms with Gasteiger partial charge in [-0.25, -0.2) is 0 Å². The molecule has 1 atom stereocenters. The third-order valence-corrected chi connectivity index (χ3v) is 4.25. The predicted octanol–water partition coefficient (Wildman–Crippen LogP) is 3.77. The zero-order chi connectivity index (χ0) is 16.2. The van der Waals surface area contributed by atoms with E-state index in [0.29, 0.717) is 12.2 Å². The fraction of sp³-hybridized carbons (Fsp3) is 0.368. The predicted molar refractivity (Wildman–Crippen MR) is 89.6 cm³/mol. The Morgan fingerprint density at radius 3 is 2.70 bits per heavy atom. The van der Waals surface area contributed by atoms with E-state index in [1.807, 2.05) is 43.0 Å². The molecule has 1 aliphatic heterocycles. The molecular weight excluding hydrogens is 288 g/mol. The van der Waals surface area contributed by atoms with Gasteiger partial charge in [0.15, 0.2) is 0 Å². The molecule has 0 spiro atoms. The summed E-state index contributed by atoms with van der Waals surface area (Å²) in [5.74, 6) is 0.934. The van der Waals surface area contributed by atoms with Crippen LogP contribution in [0.1, 0.15) is 47.4 Å². The summed E-state index contributed by atoms with van der Waals surface area (Å²) in [7, 11) is 0. The lowest BCUT2D eigenvalue weighted by atomic mass is 10.0. The Morgan fingerprint density at radius 1 is 1.26 bits per heavy atom. The van der Waals surface area contributed by atoms with Crippen molar-refractivity contribution >= 4 is 5.91 Å². The molecule has 0 radical (unpaired) electrons. The topological polar surface area (TPSA) is 42.4 Å². The second kappa shape index (κ2) is 6.82. The summed E-state index contributed by atoms with van der Waals surface area (Å²) in [5.41, 5.74) is 2.75. The number of ether oxygens (including phenoxy) is 1. The Labute approximate surface area is 137 Å². The molecular formula is C19H22N2O2. The fourth-order valence-electron chi connectivity index (χ4n) is 3.07. The lowest BCUT2D eigenvalue weighted by molar-refractivity contribution is 0.0735. The molecule has 2 aromatic rings. The van der Waals surface area contributed by atoms with E-state index in [1.165, 1.54) is 5.56 Å². The van der Waals surface area contributed by atoms with Crippen molar-refractivity contribution in [3.63, 3.8) is 0 Å². The average molecular weight is 310 g/mol. The molecule has 4 nitrogen and oxygen atoms in total. The fourth-order valence-corrected chi connectivity index (χ4v) is 3.07. The van der Waals surface area contributed by atoms with Gasteiger partial charge in [0.05, 0.1) is 18.2 Å². The van der Waals surface area contributed by atoms with Crippen LogP contribution in [-0.4, -0.2) is 28.9 Å². The number of hydrogen-bond acceptors (Lipinski definition) is 3. The van der Waals surface area contributed by atoms with Crippen molar-refractivity contribution in [2.45, 2.75) is 32.7 Å². The molecule has 0 N–H and O–H groups in total. The van der Waals surface area contributed by atoms with Crippen molar-refractivity contribution in [1.29, 1.82) is 0 Å². The third-order valence-electron chi connectivity index (χ3n) is 4.25. The van der Waals surface area contributed by atoms with E-state index in [4.69, 9.17) is 4.74 Å². The molecule has 3 rings (SSSR count). The van der Waals surface area contributed by atoms with E-state index in [9.17, 15) is 4.79 Å². The molecule has 1 unspecified atom stereocenters. The van der Waals surface area contributed by atoms with E-state index in [0.717, 1.165) is 30.8 Å². The lowest BCUT2D eigenvalue weighted by Crippen LogP contribution is -2.30. The zero-order valence-electron chi connectivity index (χ0n) is 13.7. The number of aryl methyl sites for hydroxylation is 1. The van der Waals surface area contributed by atoms with Crippen LogP contribution in [0, 0.1) is 6.92 Å². The van der Waals surface area contributed by atoms with Crippen LogP contribution < -0.4 is 4.74 Å². The molecule has 1 aromatic heterocycles. The van der Waals surface area contributed by atoms with Gasteiger partial charge in [-0.3, -0.25) is 9.78 Å². The van der Waals surface area contributed by atoms with Crippen LogP contribution in [0.5, 0.6) is 5.75 Å². The Hall–Kier alpha value is -2.36. The highest BCUT2D eigenvalue weighted by Crippen LogP contribution is 2.33. The summed E-state index contributed by atoms with van der Waals surface area (Å²) in [6.45, 7) is 5.35. The number of aromatic nitrogens is 1. The Kier molecular flexibility index (Phi) is 4.60. The highest BCUT2D eigenvalue weighted by molar-refractivity contribution is 5.94. The average Bonchev–Trinajstić information content (AvgIpc) is 3.05. The van der Waals surface area contributed by atoms with Crippen LogP contribution in [0.15, 0.2) is 42.6 Å². The Balaban J connectivity index is 1.79. The van der Waals surface area contributed by atoms with Crippen LogP contribution >= 0.6 is 0 Å². The SMILES string of the molecule is CCOc1ccc(C2CCCN2C(=O)c2ccc(C)nc2)cc1. The number of amides is 1. The van der Waals surface area contributed by atoms with Gasteiger partial charge in [0, 0.05) is 18.4 Å². The van der Waals surface area contributed by atoms with Crippen LogP contribution in [0.3, 0.4) is 0 Å². The number of carbonyl (C=O) groups is 1. The van der Waals surface area contributed by atoms with Gasteiger partial charge >= 0.3 is 0 Å². The normalized spacial score (nSPS) is 17.3. The monoisotopic (exact) mass is 310 g/mol.